The number of fused-ring (bicyclic) bond motifs is 3. The highest BCUT2D eigenvalue weighted by atomic mass is 16.5. The van der Waals surface area contributed by atoms with E-state index >= 15 is 0 Å². The number of anilines is 1. The van der Waals surface area contributed by atoms with Crippen molar-refractivity contribution in [3.05, 3.63) is 23.8 Å². The molecule has 0 radical (unpaired) electrons. The molecule has 4 rings (SSSR count). The van der Waals surface area contributed by atoms with Gasteiger partial charge in [-0.3, -0.25) is 0 Å². The largest absolute Gasteiger partial charge is 0.491 e. The van der Waals surface area contributed by atoms with Gasteiger partial charge in [0.25, 0.3) is 0 Å². The summed E-state index contributed by atoms with van der Waals surface area (Å²) >= 11 is 0. The molecule has 3 heterocycles. The van der Waals surface area contributed by atoms with E-state index in [9.17, 15) is 0 Å². The maximum Gasteiger partial charge on any atom is 0.142 e. The minimum Gasteiger partial charge on any atom is -0.491 e. The zero-order valence-electron chi connectivity index (χ0n) is 9.98. The molecule has 0 unspecified atom stereocenters. The molecule has 0 aromatic heterocycles. The number of hydrogen-bond acceptors (Lipinski definition) is 3. The van der Waals surface area contributed by atoms with E-state index in [1.165, 1.54) is 17.7 Å². The van der Waals surface area contributed by atoms with E-state index in [-0.39, 0.29) is 0 Å². The molecule has 1 fully saturated rings. The first-order chi connectivity index (χ1) is 8.45. The summed E-state index contributed by atoms with van der Waals surface area (Å²) < 4.78 is 5.88. The average Bonchev–Trinajstić information content (AvgIpc) is 2.56. The minimum absolute atomic E-state index is 0.667. The Balaban J connectivity index is 1.87. The van der Waals surface area contributed by atoms with Gasteiger partial charge in [-0.05, 0) is 31.0 Å². The van der Waals surface area contributed by atoms with E-state index in [0.29, 0.717) is 12.0 Å². The third-order valence-electron chi connectivity index (χ3n) is 4.36. The highest BCUT2D eigenvalue weighted by molar-refractivity contribution is 5.70. The minimum atomic E-state index is 0.667. The van der Waals surface area contributed by atoms with Gasteiger partial charge < -0.3 is 15.0 Å². The van der Waals surface area contributed by atoms with Gasteiger partial charge in [-0.1, -0.05) is 12.1 Å². The third-order valence-corrected chi connectivity index (χ3v) is 4.36. The topological polar surface area (TPSA) is 24.5 Å². The summed E-state index contributed by atoms with van der Waals surface area (Å²) in [5, 5.41) is 3.53. The van der Waals surface area contributed by atoms with Crippen molar-refractivity contribution in [2.45, 2.75) is 24.8 Å². The molecule has 0 bridgehead atoms. The molecule has 1 aromatic rings. The second kappa shape index (κ2) is 3.64. The van der Waals surface area contributed by atoms with Crippen molar-refractivity contribution in [2.75, 3.05) is 31.1 Å². The summed E-state index contributed by atoms with van der Waals surface area (Å²) in [4.78, 5) is 2.61. The Morgan fingerprint density at radius 3 is 3.35 bits per heavy atom. The van der Waals surface area contributed by atoms with E-state index in [1.807, 2.05) is 0 Å². The summed E-state index contributed by atoms with van der Waals surface area (Å²) in [7, 11) is 0. The molecule has 1 saturated heterocycles. The number of ether oxygens (including phenoxy) is 1. The molecule has 90 valence electrons. The summed E-state index contributed by atoms with van der Waals surface area (Å²) in [6, 6.07) is 7.27. The molecule has 2 atom stereocenters. The number of nitrogens with one attached hydrogen (secondary N) is 1. The van der Waals surface area contributed by atoms with Gasteiger partial charge in [0.2, 0.25) is 0 Å². The smallest absolute Gasteiger partial charge is 0.142 e. The van der Waals surface area contributed by atoms with Crippen LogP contribution >= 0.6 is 0 Å². The Kier molecular flexibility index (Phi) is 2.09. The van der Waals surface area contributed by atoms with Gasteiger partial charge in [0.15, 0.2) is 0 Å². The monoisotopic (exact) mass is 230 g/mol. The van der Waals surface area contributed by atoms with Crippen LogP contribution in [-0.2, 0) is 0 Å². The zero-order chi connectivity index (χ0) is 11.2. The molecule has 1 aromatic carbocycles. The van der Waals surface area contributed by atoms with Crippen LogP contribution in [0.15, 0.2) is 18.2 Å². The van der Waals surface area contributed by atoms with Crippen LogP contribution in [0.4, 0.5) is 5.69 Å². The number of nitrogens with zero attached hydrogens (tertiary/aromatic N) is 1. The maximum absolute atomic E-state index is 5.88. The van der Waals surface area contributed by atoms with Gasteiger partial charge in [-0.25, -0.2) is 0 Å². The Morgan fingerprint density at radius 2 is 2.35 bits per heavy atom. The van der Waals surface area contributed by atoms with E-state index < -0.39 is 0 Å². The van der Waals surface area contributed by atoms with Gasteiger partial charge in [-0.2, -0.15) is 0 Å². The lowest BCUT2D eigenvalue weighted by Gasteiger charge is -2.33. The SMILES string of the molecule is c1cc2c3c(c1)[C@H]1CNCC[C@H]1N3CCCO2. The highest BCUT2D eigenvalue weighted by Gasteiger charge is 2.41. The molecule has 0 spiro atoms. The summed E-state index contributed by atoms with van der Waals surface area (Å²) in [6.45, 7) is 4.30. The van der Waals surface area contributed by atoms with Crippen molar-refractivity contribution in [1.82, 2.24) is 5.32 Å². The molecule has 3 heteroatoms. The number of para-hydroxylation sites is 1. The van der Waals surface area contributed by atoms with Crippen molar-refractivity contribution in [3.8, 4) is 5.75 Å². The van der Waals surface area contributed by atoms with Gasteiger partial charge in [-0.15, -0.1) is 0 Å². The molecule has 3 nitrogen and oxygen atoms in total. The number of piperidine rings is 1. The maximum atomic E-state index is 5.88. The normalized spacial score (nSPS) is 30.2. The average molecular weight is 230 g/mol. The molecule has 3 aliphatic rings. The second-order valence-electron chi connectivity index (χ2n) is 5.26. The molecule has 1 N–H and O–H groups in total. The Labute approximate surface area is 102 Å². The first-order valence-corrected chi connectivity index (χ1v) is 6.68. The predicted molar refractivity (Wildman–Crippen MR) is 67.9 cm³/mol. The zero-order valence-corrected chi connectivity index (χ0v) is 9.98. The first-order valence-electron chi connectivity index (χ1n) is 6.68. The Hall–Kier alpha value is -1.22. The first kappa shape index (κ1) is 9.77. The Bertz CT molecular complexity index is 446. The fourth-order valence-corrected chi connectivity index (χ4v) is 3.66. The van der Waals surface area contributed by atoms with Crippen LogP contribution in [0.5, 0.6) is 5.75 Å². The van der Waals surface area contributed by atoms with Gasteiger partial charge >= 0.3 is 0 Å². The van der Waals surface area contributed by atoms with Gasteiger partial charge in [0.1, 0.15) is 5.75 Å². The summed E-state index contributed by atoms with van der Waals surface area (Å²) in [5.41, 5.74) is 2.89. The third kappa shape index (κ3) is 1.32. The molecular weight excluding hydrogens is 212 g/mol. The lowest BCUT2D eigenvalue weighted by atomic mass is 9.90. The number of hydrogen-bond donors (Lipinski definition) is 1. The molecule has 0 saturated carbocycles. The predicted octanol–water partition coefficient (Wildman–Crippen LogP) is 1.73. The number of rotatable bonds is 0. The summed E-state index contributed by atoms with van der Waals surface area (Å²) in [6.07, 6.45) is 2.41. The second-order valence-corrected chi connectivity index (χ2v) is 5.26. The van der Waals surface area contributed by atoms with E-state index in [1.54, 1.807) is 0 Å². The van der Waals surface area contributed by atoms with Crippen LogP contribution in [0.3, 0.4) is 0 Å². The lowest BCUT2D eigenvalue weighted by Crippen LogP contribution is -2.44. The van der Waals surface area contributed by atoms with Gasteiger partial charge in [0, 0.05) is 25.0 Å². The molecular formula is C14H18N2O. The van der Waals surface area contributed by atoms with Crippen molar-refractivity contribution >= 4 is 5.69 Å². The van der Waals surface area contributed by atoms with Crippen molar-refractivity contribution < 1.29 is 4.74 Å². The quantitative estimate of drug-likeness (QED) is 0.734. The highest BCUT2D eigenvalue weighted by Crippen LogP contribution is 2.48. The van der Waals surface area contributed by atoms with Crippen LogP contribution in [0.1, 0.15) is 24.3 Å². The molecule has 0 amide bonds. The Morgan fingerprint density at radius 1 is 1.35 bits per heavy atom. The van der Waals surface area contributed by atoms with E-state index in [0.717, 1.165) is 38.4 Å². The van der Waals surface area contributed by atoms with E-state index in [4.69, 9.17) is 4.74 Å². The standard InChI is InChI=1S/C14H18N2O/c1-3-10-11-9-15-6-5-12(11)16-7-2-8-17-13(4-1)14(10)16/h1,3-4,11-12,15H,2,5-9H2/t11-,12-/m1/s1. The van der Waals surface area contributed by atoms with Crippen LogP contribution < -0.4 is 15.0 Å². The van der Waals surface area contributed by atoms with Gasteiger partial charge in [0.05, 0.1) is 12.3 Å². The summed E-state index contributed by atoms with van der Waals surface area (Å²) in [5.74, 6) is 1.77. The fourth-order valence-electron chi connectivity index (χ4n) is 3.66. The van der Waals surface area contributed by atoms with Crippen LogP contribution in [0, 0.1) is 0 Å². The van der Waals surface area contributed by atoms with Crippen LogP contribution in [-0.4, -0.2) is 32.3 Å². The fraction of sp³-hybridized carbons (Fsp3) is 0.571. The molecule has 0 aliphatic carbocycles. The molecule has 17 heavy (non-hydrogen) atoms. The van der Waals surface area contributed by atoms with Crippen molar-refractivity contribution in [1.29, 1.82) is 0 Å². The van der Waals surface area contributed by atoms with Crippen LogP contribution in [0.2, 0.25) is 0 Å². The van der Waals surface area contributed by atoms with Crippen LogP contribution in [0.25, 0.3) is 0 Å². The molecule has 3 aliphatic heterocycles. The number of benzene rings is 1. The van der Waals surface area contributed by atoms with Crippen molar-refractivity contribution in [3.63, 3.8) is 0 Å². The lowest BCUT2D eigenvalue weighted by molar-refractivity contribution is 0.319. The van der Waals surface area contributed by atoms with Crippen molar-refractivity contribution in [2.24, 2.45) is 0 Å². The van der Waals surface area contributed by atoms with E-state index in [2.05, 4.69) is 28.4 Å².